The molecular formula is C16H16N4. The smallest absolute Gasteiger partial charge is 0.0801 e. The van der Waals surface area contributed by atoms with Gasteiger partial charge in [-0.3, -0.25) is 15.0 Å². The summed E-state index contributed by atoms with van der Waals surface area (Å²) in [5.41, 5.74) is 3.03. The molecule has 1 atom stereocenters. The third kappa shape index (κ3) is 2.26. The molecule has 1 unspecified atom stereocenters. The number of pyridine rings is 1. The molecule has 1 N–H and O–H groups in total. The summed E-state index contributed by atoms with van der Waals surface area (Å²) in [5.74, 6) is 0. The molecule has 0 bridgehead atoms. The lowest BCUT2D eigenvalue weighted by Gasteiger charge is -2.18. The van der Waals surface area contributed by atoms with Gasteiger partial charge in [0, 0.05) is 24.0 Å². The Kier molecular flexibility index (Phi) is 3.39. The van der Waals surface area contributed by atoms with Gasteiger partial charge in [-0.2, -0.15) is 0 Å². The van der Waals surface area contributed by atoms with Crippen molar-refractivity contribution in [1.82, 2.24) is 20.3 Å². The molecule has 0 spiro atoms. The fourth-order valence-electron chi connectivity index (χ4n) is 2.41. The number of benzene rings is 1. The molecule has 3 rings (SSSR count). The van der Waals surface area contributed by atoms with Crippen LogP contribution >= 0.6 is 0 Å². The molecule has 2 heterocycles. The molecule has 4 heteroatoms. The first-order valence-electron chi connectivity index (χ1n) is 6.58. The van der Waals surface area contributed by atoms with E-state index in [0.717, 1.165) is 16.8 Å². The van der Waals surface area contributed by atoms with Crippen LogP contribution in [0, 0.1) is 6.92 Å². The van der Waals surface area contributed by atoms with E-state index in [2.05, 4.69) is 32.4 Å². The highest BCUT2D eigenvalue weighted by molar-refractivity contribution is 5.85. The van der Waals surface area contributed by atoms with Gasteiger partial charge in [0.15, 0.2) is 0 Å². The van der Waals surface area contributed by atoms with Crippen molar-refractivity contribution in [3.63, 3.8) is 0 Å². The van der Waals surface area contributed by atoms with E-state index in [1.807, 2.05) is 44.7 Å². The molecule has 4 nitrogen and oxygen atoms in total. The van der Waals surface area contributed by atoms with Gasteiger partial charge in [-0.15, -0.1) is 0 Å². The molecule has 0 fully saturated rings. The first kappa shape index (κ1) is 12.7. The number of hydrogen-bond donors (Lipinski definition) is 1. The van der Waals surface area contributed by atoms with Crippen LogP contribution in [-0.2, 0) is 0 Å². The average Bonchev–Trinajstić information content (AvgIpc) is 2.50. The van der Waals surface area contributed by atoms with Gasteiger partial charge in [0.1, 0.15) is 0 Å². The molecule has 1 aromatic carbocycles. The first-order chi connectivity index (χ1) is 9.79. The molecule has 0 radical (unpaired) electrons. The van der Waals surface area contributed by atoms with Crippen molar-refractivity contribution < 1.29 is 0 Å². The molecule has 20 heavy (non-hydrogen) atoms. The summed E-state index contributed by atoms with van der Waals surface area (Å²) in [7, 11) is 1.94. The van der Waals surface area contributed by atoms with Crippen molar-refractivity contribution in [1.29, 1.82) is 0 Å². The lowest BCUT2D eigenvalue weighted by atomic mass is 9.98. The molecule has 0 saturated heterocycles. The zero-order chi connectivity index (χ0) is 13.9. The zero-order valence-corrected chi connectivity index (χ0v) is 11.5. The lowest BCUT2D eigenvalue weighted by Crippen LogP contribution is -2.19. The van der Waals surface area contributed by atoms with Crippen molar-refractivity contribution in [3.05, 3.63) is 66.0 Å². The van der Waals surface area contributed by atoms with E-state index in [1.54, 1.807) is 6.20 Å². The largest absolute Gasteiger partial charge is 0.308 e. The Labute approximate surface area is 117 Å². The molecule has 0 amide bonds. The van der Waals surface area contributed by atoms with Crippen LogP contribution in [0.3, 0.4) is 0 Å². The van der Waals surface area contributed by atoms with Gasteiger partial charge >= 0.3 is 0 Å². The highest BCUT2D eigenvalue weighted by atomic mass is 14.9. The summed E-state index contributed by atoms with van der Waals surface area (Å²) < 4.78 is 0. The second-order valence-corrected chi connectivity index (χ2v) is 4.75. The number of rotatable bonds is 3. The quantitative estimate of drug-likeness (QED) is 0.790. The molecule has 100 valence electrons. The molecule has 0 aliphatic rings. The highest BCUT2D eigenvalue weighted by Gasteiger charge is 2.16. The zero-order valence-electron chi connectivity index (χ0n) is 11.5. The summed E-state index contributed by atoms with van der Waals surface area (Å²) in [4.78, 5) is 13.0. The van der Waals surface area contributed by atoms with Gasteiger partial charge in [-0.25, -0.2) is 0 Å². The SMILES string of the molecule is CNC(c1cnc(C)cn1)c1cccc2cnccc12. The van der Waals surface area contributed by atoms with Crippen LogP contribution < -0.4 is 5.32 Å². The lowest BCUT2D eigenvalue weighted by molar-refractivity contribution is 0.670. The summed E-state index contributed by atoms with van der Waals surface area (Å²) >= 11 is 0. The number of fused-ring (bicyclic) bond motifs is 1. The molecule has 0 aliphatic carbocycles. The second-order valence-electron chi connectivity index (χ2n) is 4.75. The summed E-state index contributed by atoms with van der Waals surface area (Å²) in [6, 6.07) is 8.29. The maximum absolute atomic E-state index is 4.49. The van der Waals surface area contributed by atoms with Crippen LogP contribution in [0.5, 0.6) is 0 Å². The second kappa shape index (κ2) is 5.35. The molecule has 3 aromatic rings. The number of aryl methyl sites for hydroxylation is 1. The van der Waals surface area contributed by atoms with E-state index in [-0.39, 0.29) is 6.04 Å². The van der Waals surface area contributed by atoms with Crippen LogP contribution in [0.1, 0.15) is 23.0 Å². The minimum atomic E-state index is 0.0224. The van der Waals surface area contributed by atoms with Crippen molar-refractivity contribution in [2.45, 2.75) is 13.0 Å². The third-order valence-electron chi connectivity index (χ3n) is 3.41. The number of nitrogens with one attached hydrogen (secondary N) is 1. The fourth-order valence-corrected chi connectivity index (χ4v) is 2.41. The Morgan fingerprint density at radius 1 is 1.05 bits per heavy atom. The van der Waals surface area contributed by atoms with E-state index in [1.165, 1.54) is 10.9 Å². The van der Waals surface area contributed by atoms with Gasteiger partial charge in [0.05, 0.1) is 23.6 Å². The van der Waals surface area contributed by atoms with Crippen LogP contribution in [-0.4, -0.2) is 22.0 Å². The standard InChI is InChI=1S/C16H16N4/c1-11-8-20-15(10-19-11)16(17-2)14-5-3-4-12-9-18-7-6-13(12)14/h3-10,16-17H,1-2H3. The van der Waals surface area contributed by atoms with Gasteiger partial charge in [-0.1, -0.05) is 18.2 Å². The van der Waals surface area contributed by atoms with E-state index < -0.39 is 0 Å². The molecule has 0 aliphatic heterocycles. The number of nitrogens with zero attached hydrogens (tertiary/aromatic N) is 3. The average molecular weight is 264 g/mol. The van der Waals surface area contributed by atoms with Crippen LogP contribution in [0.4, 0.5) is 0 Å². The molecule has 0 saturated carbocycles. The summed E-state index contributed by atoms with van der Waals surface area (Å²) in [5, 5.41) is 5.64. The normalized spacial score (nSPS) is 12.5. The highest BCUT2D eigenvalue weighted by Crippen LogP contribution is 2.27. The number of hydrogen-bond acceptors (Lipinski definition) is 4. The Bertz CT molecular complexity index is 717. The number of aromatic nitrogens is 3. The van der Waals surface area contributed by atoms with Crippen molar-refractivity contribution >= 4 is 10.8 Å². The van der Waals surface area contributed by atoms with Crippen molar-refractivity contribution in [2.75, 3.05) is 7.05 Å². The summed E-state index contributed by atoms with van der Waals surface area (Å²) in [6.45, 7) is 1.94. The Hall–Kier alpha value is -2.33. The predicted octanol–water partition coefficient (Wildman–Crippen LogP) is 2.64. The Balaban J connectivity index is 2.14. The van der Waals surface area contributed by atoms with E-state index in [9.17, 15) is 0 Å². The van der Waals surface area contributed by atoms with Crippen LogP contribution in [0.2, 0.25) is 0 Å². The minimum absolute atomic E-state index is 0.0224. The van der Waals surface area contributed by atoms with E-state index in [4.69, 9.17) is 0 Å². The predicted molar refractivity (Wildman–Crippen MR) is 79.4 cm³/mol. The maximum atomic E-state index is 4.49. The van der Waals surface area contributed by atoms with Crippen LogP contribution in [0.15, 0.2) is 49.1 Å². The van der Waals surface area contributed by atoms with Gasteiger partial charge < -0.3 is 5.32 Å². The fraction of sp³-hybridized carbons (Fsp3) is 0.188. The van der Waals surface area contributed by atoms with E-state index >= 15 is 0 Å². The molecular weight excluding hydrogens is 248 g/mol. The third-order valence-corrected chi connectivity index (χ3v) is 3.41. The first-order valence-corrected chi connectivity index (χ1v) is 6.58. The van der Waals surface area contributed by atoms with E-state index in [0.29, 0.717) is 0 Å². The van der Waals surface area contributed by atoms with Gasteiger partial charge in [0.2, 0.25) is 0 Å². The monoisotopic (exact) mass is 264 g/mol. The minimum Gasteiger partial charge on any atom is -0.308 e. The Morgan fingerprint density at radius 2 is 1.95 bits per heavy atom. The summed E-state index contributed by atoms with van der Waals surface area (Å²) in [6.07, 6.45) is 7.33. The topological polar surface area (TPSA) is 50.7 Å². The molecule has 2 aromatic heterocycles. The van der Waals surface area contributed by atoms with Gasteiger partial charge in [0.25, 0.3) is 0 Å². The van der Waals surface area contributed by atoms with Crippen molar-refractivity contribution in [3.8, 4) is 0 Å². The van der Waals surface area contributed by atoms with Crippen molar-refractivity contribution in [2.24, 2.45) is 0 Å². The Morgan fingerprint density at radius 3 is 2.70 bits per heavy atom. The van der Waals surface area contributed by atoms with Crippen LogP contribution in [0.25, 0.3) is 10.8 Å². The maximum Gasteiger partial charge on any atom is 0.0801 e. The van der Waals surface area contributed by atoms with Gasteiger partial charge in [-0.05, 0) is 31.0 Å².